The average molecular weight is 323 g/mol. The number of imidazole rings is 1. The summed E-state index contributed by atoms with van der Waals surface area (Å²) in [7, 11) is 2.03. The molecule has 3 aromatic heterocycles. The molecule has 3 aromatic rings. The average Bonchev–Trinajstić information content (AvgIpc) is 2.97. The highest BCUT2D eigenvalue weighted by molar-refractivity contribution is 9.10. The molecule has 0 saturated carbocycles. The fraction of sp³-hybridized carbons (Fsp3) is 0.167. The lowest BCUT2D eigenvalue weighted by Gasteiger charge is -2.18. The van der Waals surface area contributed by atoms with Gasteiger partial charge >= 0.3 is 0 Å². The van der Waals surface area contributed by atoms with Crippen molar-refractivity contribution in [1.82, 2.24) is 14.4 Å². The van der Waals surface area contributed by atoms with Crippen LogP contribution >= 0.6 is 27.3 Å². The second-order valence-corrected chi connectivity index (χ2v) is 5.63. The fourth-order valence-corrected chi connectivity index (χ4v) is 2.92. The summed E-state index contributed by atoms with van der Waals surface area (Å²) >= 11 is 5.14. The number of thiophene rings is 1. The summed E-state index contributed by atoms with van der Waals surface area (Å²) in [5.74, 6) is 0.876. The van der Waals surface area contributed by atoms with Gasteiger partial charge in [0.05, 0.1) is 0 Å². The number of hydrogen-bond acceptors (Lipinski definition) is 4. The van der Waals surface area contributed by atoms with Crippen LogP contribution in [-0.2, 0) is 6.54 Å². The molecule has 0 atom stereocenters. The van der Waals surface area contributed by atoms with Crippen LogP contribution in [-0.4, -0.2) is 21.4 Å². The van der Waals surface area contributed by atoms with Gasteiger partial charge in [0.2, 0.25) is 0 Å². The van der Waals surface area contributed by atoms with Crippen LogP contribution < -0.4 is 4.90 Å². The predicted molar refractivity (Wildman–Crippen MR) is 77.1 cm³/mol. The van der Waals surface area contributed by atoms with Crippen molar-refractivity contribution in [1.29, 1.82) is 0 Å². The van der Waals surface area contributed by atoms with Crippen LogP contribution in [0.3, 0.4) is 0 Å². The van der Waals surface area contributed by atoms with Crippen molar-refractivity contribution in [2.45, 2.75) is 6.54 Å². The van der Waals surface area contributed by atoms with Gasteiger partial charge in [-0.25, -0.2) is 9.97 Å². The van der Waals surface area contributed by atoms with Gasteiger partial charge in [-0.3, -0.25) is 0 Å². The fourth-order valence-electron chi connectivity index (χ4n) is 1.87. The van der Waals surface area contributed by atoms with Crippen molar-refractivity contribution < 1.29 is 0 Å². The quantitative estimate of drug-likeness (QED) is 0.742. The number of nitrogens with zero attached hydrogens (tertiary/aromatic N) is 4. The van der Waals surface area contributed by atoms with Crippen LogP contribution in [0.1, 0.15) is 5.56 Å². The third-order valence-corrected chi connectivity index (χ3v) is 3.80. The minimum atomic E-state index is 0.806. The van der Waals surface area contributed by atoms with Gasteiger partial charge in [-0.1, -0.05) is 0 Å². The third kappa shape index (κ3) is 2.13. The van der Waals surface area contributed by atoms with Gasteiger partial charge in [0.15, 0.2) is 11.5 Å². The maximum atomic E-state index is 4.52. The molecular weight excluding hydrogens is 312 g/mol. The molecule has 0 saturated heterocycles. The summed E-state index contributed by atoms with van der Waals surface area (Å²) in [6, 6.07) is 2.13. The number of aromatic nitrogens is 3. The number of hydrogen-bond donors (Lipinski definition) is 0. The zero-order chi connectivity index (χ0) is 12.5. The summed E-state index contributed by atoms with van der Waals surface area (Å²) in [5, 5.41) is 4.24. The number of anilines is 1. The summed E-state index contributed by atoms with van der Waals surface area (Å²) in [5.41, 5.74) is 2.16. The van der Waals surface area contributed by atoms with E-state index in [0.717, 1.165) is 22.6 Å². The number of fused-ring (bicyclic) bond motifs is 1. The van der Waals surface area contributed by atoms with E-state index in [0.29, 0.717) is 0 Å². The molecule has 0 N–H and O–H groups in total. The molecular formula is C12H11BrN4S. The molecule has 0 amide bonds. The first-order chi connectivity index (χ1) is 8.74. The van der Waals surface area contributed by atoms with Crippen LogP contribution in [0.15, 0.2) is 40.0 Å². The molecule has 0 unspecified atom stereocenters. The Kier molecular flexibility index (Phi) is 3.05. The van der Waals surface area contributed by atoms with Crippen LogP contribution in [0.5, 0.6) is 0 Å². The number of rotatable bonds is 3. The summed E-state index contributed by atoms with van der Waals surface area (Å²) in [6.45, 7) is 0.829. The summed E-state index contributed by atoms with van der Waals surface area (Å²) in [6.07, 6.45) is 5.61. The normalized spacial score (nSPS) is 11.0. The Labute approximate surface area is 117 Å². The summed E-state index contributed by atoms with van der Waals surface area (Å²) < 4.78 is 2.77. The molecule has 0 aliphatic heterocycles. The van der Waals surface area contributed by atoms with Gasteiger partial charge in [0.25, 0.3) is 0 Å². The molecule has 3 heterocycles. The zero-order valence-electron chi connectivity index (χ0n) is 9.75. The van der Waals surface area contributed by atoms with Crippen LogP contribution in [0.2, 0.25) is 0 Å². The molecule has 0 aromatic carbocycles. The van der Waals surface area contributed by atoms with Crippen molar-refractivity contribution in [3.8, 4) is 0 Å². The van der Waals surface area contributed by atoms with Crippen molar-refractivity contribution >= 4 is 38.7 Å². The van der Waals surface area contributed by atoms with Crippen LogP contribution in [0, 0.1) is 0 Å². The van der Waals surface area contributed by atoms with E-state index >= 15 is 0 Å². The molecule has 18 heavy (non-hydrogen) atoms. The molecule has 92 valence electrons. The van der Waals surface area contributed by atoms with Crippen LogP contribution in [0.4, 0.5) is 5.82 Å². The molecule has 0 aliphatic rings. The van der Waals surface area contributed by atoms with Gasteiger partial charge < -0.3 is 9.30 Å². The molecule has 4 nitrogen and oxygen atoms in total. The van der Waals surface area contributed by atoms with E-state index in [9.17, 15) is 0 Å². The predicted octanol–water partition coefficient (Wildman–Crippen LogP) is 3.19. The van der Waals surface area contributed by atoms with Gasteiger partial charge in [-0.2, -0.15) is 11.3 Å². The van der Waals surface area contributed by atoms with Gasteiger partial charge in [-0.15, -0.1) is 0 Å². The topological polar surface area (TPSA) is 33.4 Å². The monoisotopic (exact) mass is 322 g/mol. The molecule has 0 radical (unpaired) electrons. The first kappa shape index (κ1) is 11.7. The maximum absolute atomic E-state index is 4.52. The Morgan fingerprint density at radius 3 is 3.17 bits per heavy atom. The molecule has 0 aliphatic carbocycles. The van der Waals surface area contributed by atoms with E-state index in [1.807, 2.05) is 23.8 Å². The lowest BCUT2D eigenvalue weighted by atomic mass is 10.3. The third-order valence-electron chi connectivity index (χ3n) is 2.69. The SMILES string of the molecule is CN(Cc1ccsc1)c1nc(Br)cn2ccnc12. The van der Waals surface area contributed by atoms with E-state index < -0.39 is 0 Å². The zero-order valence-corrected chi connectivity index (χ0v) is 12.1. The smallest absolute Gasteiger partial charge is 0.180 e. The maximum Gasteiger partial charge on any atom is 0.180 e. The Balaban J connectivity index is 2.00. The van der Waals surface area contributed by atoms with Crippen molar-refractivity contribution in [2.75, 3.05) is 11.9 Å². The van der Waals surface area contributed by atoms with E-state index in [2.05, 4.69) is 47.6 Å². The lowest BCUT2D eigenvalue weighted by molar-refractivity contribution is 0.891. The van der Waals surface area contributed by atoms with Gasteiger partial charge in [-0.05, 0) is 38.3 Å². The highest BCUT2D eigenvalue weighted by Crippen LogP contribution is 2.21. The second-order valence-electron chi connectivity index (χ2n) is 4.03. The summed E-state index contributed by atoms with van der Waals surface area (Å²) in [4.78, 5) is 11.0. The first-order valence-electron chi connectivity index (χ1n) is 5.45. The second kappa shape index (κ2) is 4.70. The highest BCUT2D eigenvalue weighted by Gasteiger charge is 2.11. The Morgan fingerprint density at radius 2 is 2.39 bits per heavy atom. The Morgan fingerprint density at radius 1 is 1.50 bits per heavy atom. The molecule has 0 fully saturated rings. The van der Waals surface area contributed by atoms with Gasteiger partial charge in [0.1, 0.15) is 4.60 Å². The van der Waals surface area contributed by atoms with Crippen molar-refractivity contribution in [3.05, 3.63) is 45.6 Å². The highest BCUT2D eigenvalue weighted by atomic mass is 79.9. The molecule has 0 bridgehead atoms. The van der Waals surface area contributed by atoms with E-state index in [4.69, 9.17) is 0 Å². The lowest BCUT2D eigenvalue weighted by Crippen LogP contribution is -2.18. The molecule has 3 rings (SSSR count). The number of halogens is 1. The minimum absolute atomic E-state index is 0.806. The van der Waals surface area contributed by atoms with E-state index in [-0.39, 0.29) is 0 Å². The first-order valence-corrected chi connectivity index (χ1v) is 7.19. The van der Waals surface area contributed by atoms with Gasteiger partial charge in [0, 0.05) is 32.2 Å². The Bertz CT molecular complexity index is 662. The minimum Gasteiger partial charge on any atom is -0.352 e. The van der Waals surface area contributed by atoms with Crippen molar-refractivity contribution in [2.24, 2.45) is 0 Å². The standard InChI is InChI=1S/C12H11BrN4S/c1-16(6-9-2-5-18-8-9)12-11-14-3-4-17(11)7-10(13)15-12/h2-5,7-8H,6H2,1H3. The molecule has 0 spiro atoms. The molecule has 6 heteroatoms. The largest absolute Gasteiger partial charge is 0.352 e. The van der Waals surface area contributed by atoms with Crippen molar-refractivity contribution in [3.63, 3.8) is 0 Å². The Hall–Kier alpha value is -1.40. The van der Waals surface area contributed by atoms with E-state index in [1.54, 1.807) is 17.5 Å². The van der Waals surface area contributed by atoms with Crippen LogP contribution in [0.25, 0.3) is 5.65 Å². The van der Waals surface area contributed by atoms with E-state index in [1.165, 1.54) is 5.56 Å².